The Morgan fingerprint density at radius 3 is 2.58 bits per heavy atom. The van der Waals surface area contributed by atoms with E-state index >= 15 is 0 Å². The van der Waals surface area contributed by atoms with Crippen molar-refractivity contribution >= 4 is 29.2 Å². The summed E-state index contributed by atoms with van der Waals surface area (Å²) < 4.78 is 0. The lowest BCUT2D eigenvalue weighted by molar-refractivity contribution is -0.0400. The van der Waals surface area contributed by atoms with Crippen LogP contribution in [0.3, 0.4) is 0 Å². The van der Waals surface area contributed by atoms with E-state index in [0.717, 1.165) is 32.4 Å². The van der Waals surface area contributed by atoms with Gasteiger partial charge in [0.15, 0.2) is 0 Å². The van der Waals surface area contributed by atoms with Gasteiger partial charge in [-0.3, -0.25) is 0 Å². The average molecular weight is 211 g/mol. The molecule has 0 aromatic carbocycles. The topological polar surface area (TPSA) is 33.6 Å². The van der Waals surface area contributed by atoms with Crippen LogP contribution >= 0.6 is 24.0 Å². The average Bonchev–Trinajstić information content (AvgIpc) is 2.34. The number of piperidine rings is 1. The van der Waals surface area contributed by atoms with Crippen molar-refractivity contribution in [1.82, 2.24) is 5.32 Å². The smallest absolute Gasteiger partial charge is 0.149 e. The zero-order valence-corrected chi connectivity index (χ0v) is 8.25. The lowest BCUT2D eigenvalue weighted by Crippen LogP contribution is -2.41. The molecule has 0 saturated carbocycles. The monoisotopic (exact) mass is 210 g/mol. The molecule has 1 fully saturated rings. The second-order valence-electron chi connectivity index (χ2n) is 3.17. The molecule has 3 nitrogen and oxygen atoms in total. The van der Waals surface area contributed by atoms with E-state index in [1.807, 2.05) is 0 Å². The minimum absolute atomic E-state index is 0. The lowest BCUT2D eigenvalue weighted by atomic mass is 9.90. The second kappa shape index (κ2) is 3.81. The highest BCUT2D eigenvalue weighted by Gasteiger charge is 2.39. The van der Waals surface area contributed by atoms with E-state index in [0.29, 0.717) is 5.17 Å². The number of halogens is 2. The Kier molecular flexibility index (Phi) is 3.21. The summed E-state index contributed by atoms with van der Waals surface area (Å²) in [6, 6.07) is 0. The lowest BCUT2D eigenvalue weighted by Gasteiger charge is -2.30. The van der Waals surface area contributed by atoms with E-state index < -0.39 is 0 Å². The number of hydrogen-bond donors (Lipinski definition) is 1. The first-order valence-corrected chi connectivity index (χ1v) is 4.30. The first-order chi connectivity index (χ1) is 5.31. The van der Waals surface area contributed by atoms with Gasteiger partial charge in [0.1, 0.15) is 10.8 Å². The van der Waals surface area contributed by atoms with Crippen LogP contribution in [0, 0.1) is 0 Å². The molecule has 0 aromatic heterocycles. The van der Waals surface area contributed by atoms with Crippen LogP contribution in [0.4, 0.5) is 0 Å². The van der Waals surface area contributed by atoms with Crippen molar-refractivity contribution in [3.8, 4) is 0 Å². The Hall–Kier alpha value is 0.01000. The third-order valence-electron chi connectivity index (χ3n) is 2.32. The van der Waals surface area contributed by atoms with Gasteiger partial charge in [-0.25, -0.2) is 0 Å². The summed E-state index contributed by atoms with van der Waals surface area (Å²) in [5.74, 6) is 0. The fraction of sp³-hybridized carbons (Fsp3) is 0.857. The molecule has 0 atom stereocenters. The molecule has 0 aromatic rings. The van der Waals surface area contributed by atoms with Crippen molar-refractivity contribution in [1.29, 1.82) is 0 Å². The van der Waals surface area contributed by atoms with Crippen LogP contribution in [0.5, 0.6) is 0 Å². The van der Waals surface area contributed by atoms with Gasteiger partial charge in [-0.1, -0.05) is 16.8 Å². The predicted octanol–water partition coefficient (Wildman–Crippen LogP) is 1.50. The highest BCUT2D eigenvalue weighted by Crippen LogP contribution is 2.33. The van der Waals surface area contributed by atoms with E-state index in [4.69, 9.17) is 16.4 Å². The fourth-order valence-corrected chi connectivity index (χ4v) is 1.91. The van der Waals surface area contributed by atoms with Crippen LogP contribution in [0.15, 0.2) is 5.16 Å². The van der Waals surface area contributed by atoms with Crippen molar-refractivity contribution in [2.24, 2.45) is 5.16 Å². The molecule has 2 aliphatic rings. The van der Waals surface area contributed by atoms with Gasteiger partial charge in [0.25, 0.3) is 0 Å². The summed E-state index contributed by atoms with van der Waals surface area (Å²) in [6.45, 7) is 2.03. The SMILES string of the molecule is Cl.ClC1=NOC2(CCNCC2)C1. The van der Waals surface area contributed by atoms with Crippen LogP contribution in [0.25, 0.3) is 0 Å². The predicted molar refractivity (Wildman–Crippen MR) is 51.1 cm³/mol. The summed E-state index contributed by atoms with van der Waals surface area (Å²) in [6.07, 6.45) is 2.84. The highest BCUT2D eigenvalue weighted by molar-refractivity contribution is 6.65. The van der Waals surface area contributed by atoms with Crippen molar-refractivity contribution in [2.45, 2.75) is 24.9 Å². The fourth-order valence-electron chi connectivity index (χ4n) is 1.63. The van der Waals surface area contributed by atoms with E-state index in [9.17, 15) is 0 Å². The molecule has 1 saturated heterocycles. The van der Waals surface area contributed by atoms with Crippen LogP contribution < -0.4 is 5.32 Å². The van der Waals surface area contributed by atoms with Gasteiger partial charge in [-0.15, -0.1) is 12.4 Å². The summed E-state index contributed by atoms with van der Waals surface area (Å²) in [7, 11) is 0. The number of nitrogens with zero attached hydrogens (tertiary/aromatic N) is 1. The third-order valence-corrected chi connectivity index (χ3v) is 2.52. The summed E-state index contributed by atoms with van der Waals surface area (Å²) >= 11 is 5.74. The minimum atomic E-state index is -0.0532. The van der Waals surface area contributed by atoms with Crippen LogP contribution in [-0.2, 0) is 4.84 Å². The van der Waals surface area contributed by atoms with Gasteiger partial charge in [-0.05, 0) is 13.1 Å². The molecule has 0 unspecified atom stereocenters. The molecule has 0 radical (unpaired) electrons. The number of rotatable bonds is 0. The zero-order valence-electron chi connectivity index (χ0n) is 6.68. The quantitative estimate of drug-likeness (QED) is 0.658. The Labute approximate surface area is 82.9 Å². The minimum Gasteiger partial charge on any atom is -0.388 e. The van der Waals surface area contributed by atoms with E-state index in [-0.39, 0.29) is 18.0 Å². The normalized spacial score (nSPS) is 25.9. The first-order valence-electron chi connectivity index (χ1n) is 3.92. The van der Waals surface area contributed by atoms with Crippen molar-refractivity contribution in [2.75, 3.05) is 13.1 Å². The van der Waals surface area contributed by atoms with E-state index in [1.54, 1.807) is 0 Å². The zero-order chi connectivity index (χ0) is 7.73. The summed E-state index contributed by atoms with van der Waals surface area (Å²) in [4.78, 5) is 5.31. The molecular weight excluding hydrogens is 199 g/mol. The Morgan fingerprint density at radius 1 is 1.42 bits per heavy atom. The van der Waals surface area contributed by atoms with Crippen molar-refractivity contribution < 1.29 is 4.84 Å². The summed E-state index contributed by atoms with van der Waals surface area (Å²) in [5, 5.41) is 7.66. The molecule has 2 heterocycles. The van der Waals surface area contributed by atoms with Crippen molar-refractivity contribution in [3.63, 3.8) is 0 Å². The maximum atomic E-state index is 5.74. The molecule has 0 aliphatic carbocycles. The number of hydrogen-bond acceptors (Lipinski definition) is 3. The molecule has 1 N–H and O–H groups in total. The molecule has 70 valence electrons. The van der Waals surface area contributed by atoms with Gasteiger partial charge in [0.2, 0.25) is 0 Å². The molecule has 1 spiro atoms. The molecule has 2 aliphatic heterocycles. The van der Waals surface area contributed by atoms with Gasteiger partial charge < -0.3 is 10.2 Å². The van der Waals surface area contributed by atoms with E-state index in [1.165, 1.54) is 0 Å². The Bertz CT molecular complexity index is 190. The maximum absolute atomic E-state index is 5.74. The highest BCUT2D eigenvalue weighted by atomic mass is 35.5. The van der Waals surface area contributed by atoms with Gasteiger partial charge >= 0.3 is 0 Å². The first kappa shape index (κ1) is 10.1. The second-order valence-corrected chi connectivity index (χ2v) is 3.60. The molecule has 2 rings (SSSR count). The van der Waals surface area contributed by atoms with Gasteiger partial charge in [0, 0.05) is 19.3 Å². The van der Waals surface area contributed by atoms with Gasteiger partial charge in [0.05, 0.1) is 0 Å². The van der Waals surface area contributed by atoms with E-state index in [2.05, 4.69) is 10.5 Å². The van der Waals surface area contributed by atoms with Crippen LogP contribution in [0.2, 0.25) is 0 Å². The van der Waals surface area contributed by atoms with Crippen molar-refractivity contribution in [3.05, 3.63) is 0 Å². The molecule has 5 heteroatoms. The van der Waals surface area contributed by atoms with Gasteiger partial charge in [-0.2, -0.15) is 0 Å². The molecule has 12 heavy (non-hydrogen) atoms. The van der Waals surface area contributed by atoms with Crippen LogP contribution in [0.1, 0.15) is 19.3 Å². The summed E-state index contributed by atoms with van der Waals surface area (Å²) in [5.41, 5.74) is -0.0532. The Balaban J connectivity index is 0.000000720. The number of oxime groups is 1. The molecule has 0 amide bonds. The molecular formula is C7H12Cl2N2O. The van der Waals surface area contributed by atoms with Crippen LogP contribution in [-0.4, -0.2) is 23.9 Å². The Morgan fingerprint density at radius 2 is 2.08 bits per heavy atom. The number of nitrogens with one attached hydrogen (secondary N) is 1. The molecule has 0 bridgehead atoms. The maximum Gasteiger partial charge on any atom is 0.149 e. The largest absolute Gasteiger partial charge is 0.388 e. The third kappa shape index (κ3) is 1.84. The standard InChI is InChI=1S/C7H11ClN2O.ClH/c8-6-5-7(11-10-6)1-3-9-4-2-7;/h9H,1-5H2;1H.